The van der Waals surface area contributed by atoms with E-state index < -0.39 is 0 Å². The molecule has 154 valence electrons. The van der Waals surface area contributed by atoms with Crippen molar-refractivity contribution in [2.45, 2.75) is 25.8 Å². The quantitative estimate of drug-likeness (QED) is 0.663. The summed E-state index contributed by atoms with van der Waals surface area (Å²) in [7, 11) is 3.78. The largest absolute Gasteiger partial charge is 0.367 e. The molecule has 2 atom stereocenters. The Morgan fingerprint density at radius 2 is 2.00 bits per heavy atom. The van der Waals surface area contributed by atoms with Crippen molar-refractivity contribution in [2.75, 3.05) is 25.0 Å². The van der Waals surface area contributed by atoms with Crippen molar-refractivity contribution in [3.8, 4) is 6.07 Å². The number of hydrogen-bond acceptors (Lipinski definition) is 6. The van der Waals surface area contributed by atoms with Crippen LogP contribution in [0.1, 0.15) is 24.6 Å². The molecule has 1 saturated heterocycles. The van der Waals surface area contributed by atoms with Crippen molar-refractivity contribution >= 4 is 22.6 Å². The number of aryl methyl sites for hydroxylation is 1. The molecule has 1 aromatic carbocycles. The van der Waals surface area contributed by atoms with Crippen molar-refractivity contribution in [3.05, 3.63) is 48.3 Å². The fourth-order valence-electron chi connectivity index (χ4n) is 4.23. The van der Waals surface area contributed by atoms with Crippen LogP contribution in [0, 0.1) is 17.2 Å². The Morgan fingerprint density at radius 3 is 2.70 bits per heavy atom. The lowest BCUT2D eigenvalue weighted by atomic mass is 9.94. The molecule has 0 unspecified atom stereocenters. The van der Waals surface area contributed by atoms with Crippen LogP contribution in [0.15, 0.2) is 37.1 Å². The molecule has 1 amide bonds. The third kappa shape index (κ3) is 3.83. The predicted molar refractivity (Wildman–Crippen MR) is 114 cm³/mol. The molecule has 8 nitrogen and oxygen atoms in total. The first-order chi connectivity index (χ1) is 14.5. The number of amides is 1. The van der Waals surface area contributed by atoms with Gasteiger partial charge in [-0.05, 0) is 24.5 Å². The van der Waals surface area contributed by atoms with Gasteiger partial charge in [-0.1, -0.05) is 6.92 Å². The fraction of sp³-hybridized carbons (Fsp3) is 0.409. The van der Waals surface area contributed by atoms with Crippen LogP contribution in [0.4, 0.5) is 5.69 Å². The van der Waals surface area contributed by atoms with Gasteiger partial charge >= 0.3 is 0 Å². The number of aromatic nitrogens is 4. The zero-order valence-corrected chi connectivity index (χ0v) is 17.5. The number of fused-ring (bicyclic) bond motifs is 1. The Balaban J connectivity index is 1.57. The van der Waals surface area contributed by atoms with Crippen molar-refractivity contribution in [1.82, 2.24) is 24.4 Å². The van der Waals surface area contributed by atoms with Gasteiger partial charge < -0.3 is 14.4 Å². The average molecular weight is 403 g/mol. The van der Waals surface area contributed by atoms with E-state index in [9.17, 15) is 10.1 Å². The lowest BCUT2D eigenvalue weighted by Gasteiger charge is -2.41. The van der Waals surface area contributed by atoms with E-state index in [-0.39, 0.29) is 11.9 Å². The van der Waals surface area contributed by atoms with Gasteiger partial charge in [0.05, 0.1) is 29.7 Å². The maximum atomic E-state index is 12.9. The summed E-state index contributed by atoms with van der Waals surface area (Å²) in [5.41, 5.74) is 3.60. The van der Waals surface area contributed by atoms with Crippen LogP contribution in [0.2, 0.25) is 0 Å². The predicted octanol–water partition coefficient (Wildman–Crippen LogP) is 2.15. The molecule has 1 aliphatic heterocycles. The standard InChI is InChI=1S/C22H25N7O/c1-15-8-18(28(3)20(30)9-17-12-27(2)14-26-17)13-29(11-15)19-5-4-16(10-23)21-22(19)25-7-6-24-21/h4-7,12,14-15,18H,8-9,11,13H2,1-3H3/t15-,18+/m0/s1. The third-order valence-corrected chi connectivity index (χ3v) is 5.73. The molecule has 0 saturated carbocycles. The van der Waals surface area contributed by atoms with Gasteiger partial charge in [0, 0.05) is 51.8 Å². The molecule has 0 aliphatic carbocycles. The molecule has 1 aliphatic rings. The van der Waals surface area contributed by atoms with Crippen LogP contribution < -0.4 is 4.90 Å². The number of carbonyl (C=O) groups excluding carboxylic acids is 1. The second-order valence-corrected chi connectivity index (χ2v) is 8.11. The van der Waals surface area contributed by atoms with Gasteiger partial charge in [-0.15, -0.1) is 0 Å². The Morgan fingerprint density at radius 1 is 1.23 bits per heavy atom. The molecule has 4 rings (SSSR count). The molecule has 3 heterocycles. The van der Waals surface area contributed by atoms with Gasteiger partial charge in [0.1, 0.15) is 17.1 Å². The summed E-state index contributed by atoms with van der Waals surface area (Å²) in [6.07, 6.45) is 8.10. The first kappa shape index (κ1) is 19.8. The van der Waals surface area contributed by atoms with E-state index in [0.29, 0.717) is 30.0 Å². The van der Waals surface area contributed by atoms with E-state index >= 15 is 0 Å². The second kappa shape index (κ2) is 8.11. The number of nitrogens with zero attached hydrogens (tertiary/aromatic N) is 7. The van der Waals surface area contributed by atoms with Crippen LogP contribution in [0.25, 0.3) is 11.0 Å². The second-order valence-electron chi connectivity index (χ2n) is 8.11. The summed E-state index contributed by atoms with van der Waals surface area (Å²) in [6, 6.07) is 6.03. The molecule has 0 N–H and O–H groups in total. The van der Waals surface area contributed by atoms with Gasteiger partial charge in [-0.2, -0.15) is 5.26 Å². The molecule has 0 radical (unpaired) electrons. The maximum Gasteiger partial charge on any atom is 0.228 e. The van der Waals surface area contributed by atoms with Gasteiger partial charge in [-0.3, -0.25) is 14.8 Å². The Labute approximate surface area is 175 Å². The number of imidazole rings is 1. The number of rotatable bonds is 4. The lowest BCUT2D eigenvalue weighted by Crippen LogP contribution is -2.51. The van der Waals surface area contributed by atoms with E-state index in [1.165, 1.54) is 0 Å². The number of nitriles is 1. The van der Waals surface area contributed by atoms with E-state index in [4.69, 9.17) is 0 Å². The van der Waals surface area contributed by atoms with Crippen LogP contribution in [-0.2, 0) is 18.3 Å². The van der Waals surface area contributed by atoms with Crippen molar-refractivity contribution in [3.63, 3.8) is 0 Å². The van der Waals surface area contributed by atoms with Crippen LogP contribution >= 0.6 is 0 Å². The fourth-order valence-corrected chi connectivity index (χ4v) is 4.23. The van der Waals surface area contributed by atoms with E-state index in [1.54, 1.807) is 24.8 Å². The molecule has 2 aromatic heterocycles. The van der Waals surface area contributed by atoms with Crippen molar-refractivity contribution < 1.29 is 4.79 Å². The Kier molecular flexibility index (Phi) is 5.36. The number of carbonyl (C=O) groups is 1. The number of benzene rings is 1. The number of piperidine rings is 1. The zero-order valence-electron chi connectivity index (χ0n) is 17.5. The summed E-state index contributed by atoms with van der Waals surface area (Å²) >= 11 is 0. The highest BCUT2D eigenvalue weighted by Gasteiger charge is 2.31. The average Bonchev–Trinajstić information content (AvgIpc) is 3.16. The number of hydrogen-bond donors (Lipinski definition) is 0. The summed E-state index contributed by atoms with van der Waals surface area (Å²) < 4.78 is 1.85. The van der Waals surface area contributed by atoms with Gasteiger partial charge in [0.2, 0.25) is 5.91 Å². The zero-order chi connectivity index (χ0) is 21.3. The molecule has 3 aromatic rings. The molecular weight excluding hydrogens is 378 g/mol. The molecule has 1 fully saturated rings. The van der Waals surface area contributed by atoms with Crippen LogP contribution in [0.5, 0.6) is 0 Å². The monoisotopic (exact) mass is 403 g/mol. The minimum atomic E-state index is 0.0669. The van der Waals surface area contributed by atoms with Crippen LogP contribution in [0.3, 0.4) is 0 Å². The lowest BCUT2D eigenvalue weighted by molar-refractivity contribution is -0.131. The summed E-state index contributed by atoms with van der Waals surface area (Å²) in [6.45, 7) is 3.79. The third-order valence-electron chi connectivity index (χ3n) is 5.73. The minimum absolute atomic E-state index is 0.0669. The smallest absolute Gasteiger partial charge is 0.228 e. The van der Waals surface area contributed by atoms with Crippen LogP contribution in [-0.4, -0.2) is 56.5 Å². The van der Waals surface area contributed by atoms with E-state index in [2.05, 4.69) is 32.8 Å². The molecular formula is C22H25N7O. The summed E-state index contributed by atoms with van der Waals surface area (Å²) in [4.78, 5) is 30.1. The van der Waals surface area contributed by atoms with E-state index in [0.717, 1.165) is 29.9 Å². The minimum Gasteiger partial charge on any atom is -0.367 e. The highest BCUT2D eigenvalue weighted by Crippen LogP contribution is 2.31. The first-order valence-corrected chi connectivity index (χ1v) is 10.1. The van der Waals surface area contributed by atoms with Crippen molar-refractivity contribution in [2.24, 2.45) is 13.0 Å². The Hall–Kier alpha value is -3.47. The SMILES string of the molecule is C[C@H]1C[C@@H](N(C)C(=O)Cc2cn(C)cn2)CN(c2ccc(C#N)c3nccnc23)C1. The molecule has 0 bridgehead atoms. The Bertz CT molecular complexity index is 1120. The summed E-state index contributed by atoms with van der Waals surface area (Å²) in [5, 5.41) is 9.40. The highest BCUT2D eigenvalue weighted by atomic mass is 16.2. The van der Waals surface area contributed by atoms with Gasteiger partial charge in [0.25, 0.3) is 0 Å². The first-order valence-electron chi connectivity index (χ1n) is 10.1. The molecule has 8 heteroatoms. The molecule has 0 spiro atoms. The number of anilines is 1. The maximum absolute atomic E-state index is 12.9. The molecule has 30 heavy (non-hydrogen) atoms. The normalized spacial score (nSPS) is 18.9. The van der Waals surface area contributed by atoms with Crippen molar-refractivity contribution in [1.29, 1.82) is 5.26 Å². The van der Waals surface area contributed by atoms with Gasteiger partial charge in [0.15, 0.2) is 0 Å². The van der Waals surface area contributed by atoms with E-state index in [1.807, 2.05) is 35.8 Å². The highest BCUT2D eigenvalue weighted by molar-refractivity contribution is 5.92. The summed E-state index contributed by atoms with van der Waals surface area (Å²) in [5.74, 6) is 0.480. The van der Waals surface area contributed by atoms with Gasteiger partial charge in [-0.25, -0.2) is 4.98 Å². The number of likely N-dealkylation sites (N-methyl/N-ethyl adjacent to an activating group) is 1. The topological polar surface area (TPSA) is 90.9 Å².